The number of fused-ring (bicyclic) bond motifs is 3. The molecule has 4 rings (SSSR count). The van der Waals surface area contributed by atoms with Crippen LogP contribution in [-0.2, 0) is 9.59 Å². The number of carbonyl (C=O) groups is 2. The molecule has 1 aliphatic heterocycles. The van der Waals surface area contributed by atoms with Crippen LogP contribution in [0.15, 0.2) is 68.4 Å². The van der Waals surface area contributed by atoms with Crippen LogP contribution in [0.4, 0.5) is 5.69 Å². The van der Waals surface area contributed by atoms with Crippen molar-refractivity contribution >= 4 is 50.7 Å². The summed E-state index contributed by atoms with van der Waals surface area (Å²) in [6, 6.07) is 7.88. The average molecular weight is 386 g/mol. The van der Waals surface area contributed by atoms with Gasteiger partial charge in [-0.05, 0) is 30.7 Å². The van der Waals surface area contributed by atoms with Gasteiger partial charge >= 0.3 is 0 Å². The molecule has 0 radical (unpaired) electrons. The average Bonchev–Trinajstić information content (AvgIpc) is 2.53. The van der Waals surface area contributed by atoms with Gasteiger partial charge < -0.3 is 0 Å². The fourth-order valence-electron chi connectivity index (χ4n) is 2.85. The lowest BCUT2D eigenvalue weighted by Crippen LogP contribution is -2.31. The molecule has 3 nitrogen and oxygen atoms in total. The first-order valence-corrected chi connectivity index (χ1v) is 9.28. The maximum absolute atomic E-state index is 12.6. The van der Waals surface area contributed by atoms with Crippen LogP contribution in [0.1, 0.15) is 6.42 Å². The molecule has 1 heterocycles. The van der Waals surface area contributed by atoms with E-state index < -0.39 is 0 Å². The van der Waals surface area contributed by atoms with Crippen molar-refractivity contribution in [3.05, 3.63) is 58.5 Å². The molecule has 1 unspecified atom stereocenters. The Kier molecular flexibility index (Phi) is 3.70. The minimum absolute atomic E-state index is 0.315. The van der Waals surface area contributed by atoms with E-state index in [-0.39, 0.29) is 17.5 Å². The normalized spacial score (nSPS) is 22.2. The number of benzene rings is 1. The van der Waals surface area contributed by atoms with E-state index in [2.05, 4.69) is 20.9 Å². The van der Waals surface area contributed by atoms with Crippen molar-refractivity contribution in [2.45, 2.75) is 11.3 Å². The molecular formula is C18H12BrNO2S. The van der Waals surface area contributed by atoms with Crippen LogP contribution in [0.5, 0.6) is 0 Å². The Morgan fingerprint density at radius 1 is 1.17 bits per heavy atom. The number of allylic oxidation sites excluding steroid dienone is 5. The Hall–Kier alpha value is -1.72. The summed E-state index contributed by atoms with van der Waals surface area (Å²) in [7, 11) is 0. The van der Waals surface area contributed by atoms with Gasteiger partial charge in [-0.25, -0.2) is 4.99 Å². The third-order valence-electron chi connectivity index (χ3n) is 4.09. The van der Waals surface area contributed by atoms with Gasteiger partial charge in [0.25, 0.3) is 0 Å². The lowest BCUT2D eigenvalue weighted by Gasteiger charge is -2.27. The number of hydrogen-bond donors (Lipinski definition) is 0. The summed E-state index contributed by atoms with van der Waals surface area (Å²) in [6.07, 6.45) is 6.33. The molecule has 0 spiro atoms. The van der Waals surface area contributed by atoms with Crippen LogP contribution in [-0.4, -0.2) is 22.6 Å². The fraction of sp³-hybridized carbons (Fsp3) is 0.167. The van der Waals surface area contributed by atoms with Crippen LogP contribution in [0.2, 0.25) is 0 Å². The van der Waals surface area contributed by atoms with E-state index in [0.29, 0.717) is 17.3 Å². The summed E-state index contributed by atoms with van der Waals surface area (Å²) >= 11 is 4.89. The van der Waals surface area contributed by atoms with Gasteiger partial charge in [-0.1, -0.05) is 45.9 Å². The second kappa shape index (κ2) is 5.73. The second-order valence-corrected chi connectivity index (χ2v) is 7.37. The number of thioether (sulfide) groups is 1. The zero-order valence-corrected chi connectivity index (χ0v) is 14.5. The van der Waals surface area contributed by atoms with Crippen LogP contribution < -0.4 is 0 Å². The lowest BCUT2D eigenvalue weighted by molar-refractivity contribution is -0.136. The number of alkyl halides is 1. The zero-order valence-electron chi connectivity index (χ0n) is 12.1. The van der Waals surface area contributed by atoms with E-state index in [1.165, 1.54) is 11.8 Å². The molecule has 0 N–H and O–H groups in total. The van der Waals surface area contributed by atoms with Crippen LogP contribution in [0.25, 0.3) is 0 Å². The summed E-state index contributed by atoms with van der Waals surface area (Å²) in [5.41, 5.74) is 2.98. The summed E-state index contributed by atoms with van der Waals surface area (Å²) in [5, 5.41) is 0.695. The third kappa shape index (κ3) is 2.39. The Balaban J connectivity index is 1.93. The van der Waals surface area contributed by atoms with E-state index in [1.54, 1.807) is 0 Å². The number of para-hydroxylation sites is 1. The quantitative estimate of drug-likeness (QED) is 0.566. The molecule has 0 bridgehead atoms. The van der Waals surface area contributed by atoms with Crippen molar-refractivity contribution in [3.63, 3.8) is 0 Å². The summed E-state index contributed by atoms with van der Waals surface area (Å²) in [4.78, 5) is 31.5. The number of hydrogen-bond acceptors (Lipinski definition) is 4. The predicted octanol–water partition coefficient (Wildman–Crippen LogP) is 4.17. The first kappa shape index (κ1) is 14.8. The summed E-state index contributed by atoms with van der Waals surface area (Å²) < 4.78 is 0. The van der Waals surface area contributed by atoms with Gasteiger partial charge in [0.15, 0.2) is 0 Å². The third-order valence-corrected chi connectivity index (χ3v) is 5.67. The Bertz CT molecular complexity index is 864. The fourth-order valence-corrected chi connectivity index (χ4v) is 4.48. The Morgan fingerprint density at radius 2 is 2.00 bits per heavy atom. The first-order valence-electron chi connectivity index (χ1n) is 7.34. The van der Waals surface area contributed by atoms with Crippen molar-refractivity contribution in [1.82, 2.24) is 0 Å². The van der Waals surface area contributed by atoms with Crippen LogP contribution >= 0.6 is 27.7 Å². The number of halogens is 1. The van der Waals surface area contributed by atoms with E-state index in [9.17, 15) is 9.59 Å². The number of ketones is 2. The van der Waals surface area contributed by atoms with Gasteiger partial charge in [0, 0.05) is 32.2 Å². The highest BCUT2D eigenvalue weighted by molar-refractivity contribution is 9.09. The maximum Gasteiger partial charge on any atom is 0.231 e. The van der Waals surface area contributed by atoms with Gasteiger partial charge in [-0.2, -0.15) is 0 Å². The Labute approximate surface area is 146 Å². The summed E-state index contributed by atoms with van der Waals surface area (Å²) in [5.74, 6) is -1.04. The highest BCUT2D eigenvalue weighted by Gasteiger charge is 2.37. The number of nitrogens with zero attached hydrogens (tertiary/aromatic N) is 1. The van der Waals surface area contributed by atoms with E-state index in [1.807, 2.05) is 42.5 Å². The number of rotatable bonds is 2. The number of Topliss-reactive ketones (excluding diaryl/α,β-unsaturated/α-hetero) is 2. The molecule has 1 aromatic carbocycles. The number of carbonyl (C=O) groups excluding carboxylic acids is 2. The maximum atomic E-state index is 12.6. The molecule has 5 heteroatoms. The van der Waals surface area contributed by atoms with E-state index >= 15 is 0 Å². The van der Waals surface area contributed by atoms with Gasteiger partial charge in [-0.3, -0.25) is 9.59 Å². The van der Waals surface area contributed by atoms with Crippen molar-refractivity contribution < 1.29 is 9.59 Å². The van der Waals surface area contributed by atoms with Gasteiger partial charge in [-0.15, -0.1) is 0 Å². The van der Waals surface area contributed by atoms with Crippen LogP contribution in [0, 0.1) is 5.92 Å². The monoisotopic (exact) mass is 385 g/mol. The molecule has 0 amide bonds. The van der Waals surface area contributed by atoms with E-state index in [4.69, 9.17) is 0 Å². The second-order valence-electron chi connectivity index (χ2n) is 5.50. The SMILES string of the molecule is O=C1C(=O)C(CCBr)C=C2Sc3ccccc3N=C3C=CC3=C12. The van der Waals surface area contributed by atoms with Gasteiger partial charge in [0.05, 0.1) is 11.4 Å². The standard InChI is InChI=1S/C18H12BrNO2S/c19-8-7-10-9-15-16(18(22)17(10)21)11-5-6-12(11)20-13-3-1-2-4-14(13)23-15/h1-6,9-10H,7-8H2. The highest BCUT2D eigenvalue weighted by atomic mass is 79.9. The minimum atomic E-state index is -0.382. The molecule has 2 aliphatic carbocycles. The molecular weight excluding hydrogens is 374 g/mol. The molecule has 114 valence electrons. The predicted molar refractivity (Wildman–Crippen MR) is 95.6 cm³/mol. The number of aliphatic imine (C=N–C) groups is 1. The molecule has 0 aromatic heterocycles. The smallest absolute Gasteiger partial charge is 0.231 e. The largest absolute Gasteiger partial charge is 0.290 e. The Morgan fingerprint density at radius 3 is 2.74 bits per heavy atom. The van der Waals surface area contributed by atoms with Crippen molar-refractivity contribution in [3.8, 4) is 0 Å². The minimum Gasteiger partial charge on any atom is -0.290 e. The molecule has 0 saturated heterocycles. The topological polar surface area (TPSA) is 46.5 Å². The zero-order chi connectivity index (χ0) is 16.0. The van der Waals surface area contributed by atoms with Crippen molar-refractivity contribution in [2.24, 2.45) is 10.9 Å². The van der Waals surface area contributed by atoms with Gasteiger partial charge in [0.2, 0.25) is 11.6 Å². The molecule has 1 atom stereocenters. The molecule has 3 aliphatic rings. The highest BCUT2D eigenvalue weighted by Crippen LogP contribution is 2.45. The molecule has 1 aromatic rings. The molecule has 23 heavy (non-hydrogen) atoms. The summed E-state index contributed by atoms with van der Waals surface area (Å²) in [6.45, 7) is 0. The molecule has 0 fully saturated rings. The van der Waals surface area contributed by atoms with E-state index in [0.717, 1.165) is 26.8 Å². The van der Waals surface area contributed by atoms with Crippen molar-refractivity contribution in [1.29, 1.82) is 0 Å². The van der Waals surface area contributed by atoms with Crippen LogP contribution in [0.3, 0.4) is 0 Å². The first-order chi connectivity index (χ1) is 11.2. The van der Waals surface area contributed by atoms with Crippen molar-refractivity contribution in [2.75, 3.05) is 5.33 Å². The van der Waals surface area contributed by atoms with Gasteiger partial charge in [0.1, 0.15) is 0 Å². The molecule has 0 saturated carbocycles. The lowest BCUT2D eigenvalue weighted by atomic mass is 9.82.